The highest BCUT2D eigenvalue weighted by molar-refractivity contribution is 9.10. The van der Waals surface area contributed by atoms with E-state index in [-0.39, 0.29) is 4.83 Å². The number of alkyl halides is 1. The van der Waals surface area contributed by atoms with Gasteiger partial charge >= 0.3 is 0 Å². The van der Waals surface area contributed by atoms with E-state index in [4.69, 9.17) is 9.73 Å². The van der Waals surface area contributed by atoms with Crippen LogP contribution in [0, 0.1) is 0 Å². The Kier molecular flexibility index (Phi) is 6.00. The van der Waals surface area contributed by atoms with Gasteiger partial charge in [0.1, 0.15) is 5.75 Å². The first kappa shape index (κ1) is 17.8. The Labute approximate surface area is 164 Å². The highest BCUT2D eigenvalue weighted by Crippen LogP contribution is 2.31. The number of aliphatic imine (C=N–C) groups is 1. The van der Waals surface area contributed by atoms with Crippen LogP contribution in [0.4, 0.5) is 5.82 Å². The van der Waals surface area contributed by atoms with Gasteiger partial charge in [0.05, 0.1) is 17.6 Å². The largest absolute Gasteiger partial charge is 0.497 e. The van der Waals surface area contributed by atoms with Crippen molar-refractivity contribution in [2.75, 3.05) is 7.11 Å². The molecule has 1 atom stereocenters. The fraction of sp³-hybridized carbons (Fsp3) is 0.100. The lowest BCUT2D eigenvalue weighted by atomic mass is 10.0. The van der Waals surface area contributed by atoms with Gasteiger partial charge in [-0.25, -0.2) is 9.98 Å². The van der Waals surface area contributed by atoms with Crippen LogP contribution in [0.2, 0.25) is 0 Å². The minimum Gasteiger partial charge on any atom is -0.497 e. The van der Waals surface area contributed by atoms with Crippen LogP contribution in [-0.4, -0.2) is 17.8 Å². The van der Waals surface area contributed by atoms with Gasteiger partial charge in [-0.05, 0) is 59.7 Å². The van der Waals surface area contributed by atoms with Gasteiger partial charge in [-0.15, -0.1) is 0 Å². The summed E-state index contributed by atoms with van der Waals surface area (Å²) in [6.07, 6.45) is 1.74. The second-order valence-electron chi connectivity index (χ2n) is 5.33. The second-order valence-corrected chi connectivity index (χ2v) is 7.16. The first-order valence-electron chi connectivity index (χ1n) is 7.71. The van der Waals surface area contributed by atoms with E-state index in [0.29, 0.717) is 5.82 Å². The predicted octanol–water partition coefficient (Wildman–Crippen LogP) is 6.11. The van der Waals surface area contributed by atoms with Crippen molar-refractivity contribution < 1.29 is 4.74 Å². The van der Waals surface area contributed by atoms with Crippen molar-refractivity contribution in [1.29, 1.82) is 0 Å². The van der Waals surface area contributed by atoms with E-state index < -0.39 is 0 Å². The zero-order valence-electron chi connectivity index (χ0n) is 13.6. The summed E-state index contributed by atoms with van der Waals surface area (Å²) in [7, 11) is 1.66. The number of ether oxygens (including phenoxy) is 1. The summed E-state index contributed by atoms with van der Waals surface area (Å²) in [6.45, 7) is 0. The Balaban J connectivity index is 2.04. The van der Waals surface area contributed by atoms with Crippen LogP contribution < -0.4 is 4.74 Å². The zero-order chi connectivity index (χ0) is 17.6. The van der Waals surface area contributed by atoms with Gasteiger partial charge < -0.3 is 4.74 Å². The predicted molar refractivity (Wildman–Crippen MR) is 109 cm³/mol. The van der Waals surface area contributed by atoms with Crippen molar-refractivity contribution in [2.45, 2.75) is 4.83 Å². The van der Waals surface area contributed by atoms with E-state index in [1.807, 2.05) is 54.6 Å². The van der Waals surface area contributed by atoms with Crippen molar-refractivity contribution >= 4 is 43.4 Å². The molecule has 2 aromatic carbocycles. The molecule has 1 aromatic heterocycles. The average Bonchev–Trinajstić information content (AvgIpc) is 2.67. The van der Waals surface area contributed by atoms with Crippen molar-refractivity contribution in [3.63, 3.8) is 0 Å². The van der Waals surface area contributed by atoms with Crippen molar-refractivity contribution in [3.8, 4) is 5.75 Å². The number of benzene rings is 2. The maximum Gasteiger partial charge on any atom is 0.152 e. The van der Waals surface area contributed by atoms with Crippen LogP contribution in [0.15, 0.2) is 82.4 Å². The topological polar surface area (TPSA) is 34.5 Å². The molecule has 3 aromatic rings. The first-order chi connectivity index (χ1) is 12.2. The van der Waals surface area contributed by atoms with Gasteiger partial charge in [0, 0.05) is 10.7 Å². The smallest absolute Gasteiger partial charge is 0.152 e. The second kappa shape index (κ2) is 8.41. The fourth-order valence-electron chi connectivity index (χ4n) is 2.36. The third kappa shape index (κ3) is 4.55. The van der Waals surface area contributed by atoms with Crippen molar-refractivity contribution in [3.05, 3.63) is 88.5 Å². The third-order valence-electron chi connectivity index (χ3n) is 3.67. The lowest BCUT2D eigenvalue weighted by Crippen LogP contribution is -2.09. The number of hydrogen-bond acceptors (Lipinski definition) is 3. The molecule has 126 valence electrons. The Morgan fingerprint density at radius 1 is 1.00 bits per heavy atom. The molecular weight excluding hydrogens is 444 g/mol. The normalized spacial score (nSPS) is 12.7. The number of methoxy groups -OCH3 is 1. The van der Waals surface area contributed by atoms with Gasteiger partial charge in [0.25, 0.3) is 0 Å². The molecule has 0 aliphatic carbocycles. The molecule has 0 bridgehead atoms. The minimum absolute atomic E-state index is 0.0593. The highest BCUT2D eigenvalue weighted by Gasteiger charge is 2.18. The number of rotatable bonds is 5. The van der Waals surface area contributed by atoms with E-state index in [1.54, 1.807) is 13.3 Å². The number of pyridine rings is 1. The van der Waals surface area contributed by atoms with E-state index in [0.717, 1.165) is 27.1 Å². The summed E-state index contributed by atoms with van der Waals surface area (Å²) in [4.78, 5) is 9.06. The third-order valence-corrected chi connectivity index (χ3v) is 5.16. The summed E-state index contributed by atoms with van der Waals surface area (Å²) >= 11 is 7.28. The molecule has 0 amide bonds. The Bertz CT molecular complexity index is 847. The first-order valence-corrected chi connectivity index (χ1v) is 9.42. The molecule has 1 heterocycles. The molecule has 3 rings (SSSR count). The average molecular weight is 460 g/mol. The van der Waals surface area contributed by atoms with E-state index in [9.17, 15) is 0 Å². The fourth-order valence-corrected chi connectivity index (χ4v) is 3.30. The SMILES string of the molecule is COc1ccc(/C(=N/c2ccccn2)C(Br)c2ccc(Br)cc2)cc1. The monoisotopic (exact) mass is 458 g/mol. The van der Waals surface area contributed by atoms with Gasteiger partial charge in [0.2, 0.25) is 0 Å². The number of aromatic nitrogens is 1. The quantitative estimate of drug-likeness (QED) is 0.340. The molecule has 0 spiro atoms. The van der Waals surface area contributed by atoms with Crippen molar-refractivity contribution in [2.24, 2.45) is 4.99 Å². The molecule has 0 aliphatic heterocycles. The van der Waals surface area contributed by atoms with Crippen molar-refractivity contribution in [1.82, 2.24) is 4.98 Å². The summed E-state index contributed by atoms with van der Waals surface area (Å²) in [5, 5.41) is 0. The Hall–Kier alpha value is -1.98. The molecule has 3 nitrogen and oxygen atoms in total. The minimum atomic E-state index is -0.0593. The lowest BCUT2D eigenvalue weighted by Gasteiger charge is -2.15. The van der Waals surface area contributed by atoms with Gasteiger partial charge in [0.15, 0.2) is 5.82 Å². The molecule has 0 N–H and O–H groups in total. The van der Waals surface area contributed by atoms with E-state index in [1.165, 1.54) is 0 Å². The van der Waals surface area contributed by atoms with E-state index >= 15 is 0 Å². The van der Waals surface area contributed by atoms with Crippen LogP contribution in [-0.2, 0) is 0 Å². The Morgan fingerprint density at radius 2 is 1.72 bits per heavy atom. The van der Waals surface area contributed by atoms with Crippen LogP contribution in [0.1, 0.15) is 16.0 Å². The molecular formula is C20H16Br2N2O. The summed E-state index contributed by atoms with van der Waals surface area (Å²) in [5.41, 5.74) is 3.02. The number of nitrogens with zero attached hydrogens (tertiary/aromatic N) is 2. The van der Waals surface area contributed by atoms with Crippen LogP contribution in [0.5, 0.6) is 5.75 Å². The molecule has 0 aliphatic rings. The molecule has 0 fully saturated rings. The number of hydrogen-bond donors (Lipinski definition) is 0. The summed E-state index contributed by atoms with van der Waals surface area (Å²) < 4.78 is 6.30. The lowest BCUT2D eigenvalue weighted by molar-refractivity contribution is 0.415. The molecule has 5 heteroatoms. The molecule has 25 heavy (non-hydrogen) atoms. The summed E-state index contributed by atoms with van der Waals surface area (Å²) in [6, 6.07) is 21.8. The molecule has 1 unspecified atom stereocenters. The van der Waals surface area contributed by atoms with Gasteiger partial charge in [-0.1, -0.05) is 50.1 Å². The van der Waals surface area contributed by atoms with Gasteiger partial charge in [-0.2, -0.15) is 0 Å². The standard InChI is InChI=1S/C20H16Br2N2O/c1-25-17-11-7-15(8-12-17)20(24-18-4-2-3-13-23-18)19(22)14-5-9-16(21)10-6-14/h2-13,19H,1H3/b24-20-. The number of halogens is 2. The molecule has 0 radical (unpaired) electrons. The maximum atomic E-state index is 5.26. The molecule has 0 saturated carbocycles. The Morgan fingerprint density at radius 3 is 2.32 bits per heavy atom. The zero-order valence-corrected chi connectivity index (χ0v) is 16.7. The molecule has 0 saturated heterocycles. The summed E-state index contributed by atoms with van der Waals surface area (Å²) in [5.74, 6) is 1.49. The highest BCUT2D eigenvalue weighted by atomic mass is 79.9. The maximum absolute atomic E-state index is 5.26. The van der Waals surface area contributed by atoms with E-state index in [2.05, 4.69) is 49.0 Å². The van der Waals surface area contributed by atoms with Crippen LogP contribution in [0.25, 0.3) is 0 Å². The van der Waals surface area contributed by atoms with Crippen LogP contribution in [0.3, 0.4) is 0 Å². The van der Waals surface area contributed by atoms with Gasteiger partial charge in [-0.3, -0.25) is 0 Å². The van der Waals surface area contributed by atoms with Crippen LogP contribution >= 0.6 is 31.9 Å².